The van der Waals surface area contributed by atoms with Crippen LogP contribution in [0.3, 0.4) is 0 Å². The van der Waals surface area contributed by atoms with Crippen LogP contribution in [-0.4, -0.2) is 17.5 Å². The van der Waals surface area contributed by atoms with E-state index in [4.69, 9.17) is 9.84 Å². The molecule has 2 amide bonds. The second-order valence-electron chi connectivity index (χ2n) is 6.08. The highest BCUT2D eigenvalue weighted by molar-refractivity contribution is 5.99. The molecule has 0 radical (unpaired) electrons. The normalized spacial score (nSPS) is 10.9. The highest BCUT2D eigenvalue weighted by atomic mass is 19.4. The lowest BCUT2D eigenvalue weighted by atomic mass is 10.2. The zero-order chi connectivity index (χ0) is 21.6. The fourth-order valence-electron chi connectivity index (χ4n) is 2.44. The van der Waals surface area contributed by atoms with E-state index in [1.807, 2.05) is 0 Å². The zero-order valence-corrected chi connectivity index (χ0v) is 15.4. The van der Waals surface area contributed by atoms with Gasteiger partial charge in [0.05, 0.1) is 6.61 Å². The molecule has 9 heteroatoms. The standard InChI is InChI=1S/C21H17F3N2O4/c22-21(23,24)30-19-11-5-16(6-12-19)26-20(28)25-15-3-9-18(10-4-15)29-17-7-1-14(13-27)2-8-17/h1-12,27H,13H2,(H2,25,26,28). The van der Waals surface area contributed by atoms with Gasteiger partial charge in [-0.1, -0.05) is 12.1 Å². The molecule has 0 unspecified atom stereocenters. The maximum atomic E-state index is 12.2. The lowest BCUT2D eigenvalue weighted by Gasteiger charge is -2.11. The van der Waals surface area contributed by atoms with E-state index in [1.165, 1.54) is 12.1 Å². The Morgan fingerprint density at radius 1 is 0.767 bits per heavy atom. The number of anilines is 2. The van der Waals surface area contributed by atoms with Gasteiger partial charge in [-0.2, -0.15) is 0 Å². The Hall–Kier alpha value is -3.72. The lowest BCUT2D eigenvalue weighted by molar-refractivity contribution is -0.274. The van der Waals surface area contributed by atoms with Gasteiger partial charge in [-0.3, -0.25) is 0 Å². The minimum Gasteiger partial charge on any atom is -0.457 e. The molecule has 3 N–H and O–H groups in total. The number of alkyl halides is 3. The van der Waals surface area contributed by atoms with Crippen LogP contribution < -0.4 is 20.1 Å². The number of nitrogens with one attached hydrogen (secondary N) is 2. The number of aliphatic hydroxyl groups excluding tert-OH is 1. The van der Waals surface area contributed by atoms with Crippen LogP contribution in [0, 0.1) is 0 Å². The van der Waals surface area contributed by atoms with E-state index in [9.17, 15) is 18.0 Å². The Morgan fingerprint density at radius 3 is 1.63 bits per heavy atom. The van der Waals surface area contributed by atoms with Crippen molar-refractivity contribution in [2.75, 3.05) is 10.6 Å². The Labute approximate surface area is 169 Å². The average molecular weight is 418 g/mol. The van der Waals surface area contributed by atoms with Crippen LogP contribution in [0.25, 0.3) is 0 Å². The molecule has 0 aromatic heterocycles. The molecule has 0 heterocycles. The number of benzene rings is 3. The SMILES string of the molecule is O=C(Nc1ccc(Oc2ccc(CO)cc2)cc1)Nc1ccc(OC(F)(F)F)cc1. The van der Waals surface area contributed by atoms with Gasteiger partial charge in [0.2, 0.25) is 0 Å². The molecule has 0 spiro atoms. The van der Waals surface area contributed by atoms with E-state index in [0.717, 1.165) is 17.7 Å². The summed E-state index contributed by atoms with van der Waals surface area (Å²) in [6.07, 6.45) is -4.77. The van der Waals surface area contributed by atoms with Crippen molar-refractivity contribution in [3.05, 3.63) is 78.4 Å². The van der Waals surface area contributed by atoms with Crippen LogP contribution in [-0.2, 0) is 6.61 Å². The predicted molar refractivity (Wildman–Crippen MR) is 105 cm³/mol. The molecule has 0 aliphatic heterocycles. The largest absolute Gasteiger partial charge is 0.573 e. The van der Waals surface area contributed by atoms with Gasteiger partial charge in [0, 0.05) is 11.4 Å². The molecule has 0 saturated carbocycles. The number of amides is 2. The Kier molecular flexibility index (Phi) is 6.43. The molecule has 30 heavy (non-hydrogen) atoms. The molecule has 0 atom stereocenters. The smallest absolute Gasteiger partial charge is 0.457 e. The van der Waals surface area contributed by atoms with Gasteiger partial charge in [0.1, 0.15) is 17.2 Å². The zero-order valence-electron chi connectivity index (χ0n) is 15.4. The number of rotatable bonds is 6. The first kappa shape index (κ1) is 21.0. The van der Waals surface area contributed by atoms with Crippen LogP contribution in [0.1, 0.15) is 5.56 Å². The number of halogens is 3. The maximum absolute atomic E-state index is 12.2. The summed E-state index contributed by atoms with van der Waals surface area (Å²) in [7, 11) is 0. The molecule has 3 aromatic rings. The first-order valence-corrected chi connectivity index (χ1v) is 8.72. The van der Waals surface area contributed by atoms with Crippen molar-refractivity contribution in [2.45, 2.75) is 13.0 Å². The molecule has 0 aliphatic carbocycles. The van der Waals surface area contributed by atoms with Crippen LogP contribution in [0.15, 0.2) is 72.8 Å². The van der Waals surface area contributed by atoms with Crippen molar-refractivity contribution in [3.63, 3.8) is 0 Å². The summed E-state index contributed by atoms with van der Waals surface area (Å²) in [5.41, 5.74) is 1.57. The van der Waals surface area contributed by atoms with Gasteiger partial charge in [-0.15, -0.1) is 13.2 Å². The third-order valence-corrected chi connectivity index (χ3v) is 3.80. The van der Waals surface area contributed by atoms with Crippen molar-refractivity contribution in [2.24, 2.45) is 0 Å². The Balaban J connectivity index is 1.52. The maximum Gasteiger partial charge on any atom is 0.573 e. The molecular formula is C21H17F3N2O4. The lowest BCUT2D eigenvalue weighted by Crippen LogP contribution is -2.19. The number of carbonyl (C=O) groups is 1. The number of hydrogen-bond acceptors (Lipinski definition) is 4. The summed E-state index contributed by atoms with van der Waals surface area (Å²) >= 11 is 0. The quantitative estimate of drug-likeness (QED) is 0.493. The van der Waals surface area contributed by atoms with Crippen LogP contribution in [0.2, 0.25) is 0 Å². The summed E-state index contributed by atoms with van der Waals surface area (Å²) in [6.45, 7) is -0.0474. The highest BCUT2D eigenvalue weighted by Crippen LogP contribution is 2.25. The Bertz CT molecular complexity index is 973. The minimum atomic E-state index is -4.77. The van der Waals surface area contributed by atoms with Crippen LogP contribution >= 0.6 is 0 Å². The minimum absolute atomic E-state index is 0.0474. The summed E-state index contributed by atoms with van der Waals surface area (Å²) in [5.74, 6) is 0.775. The molecule has 0 bridgehead atoms. The first-order chi connectivity index (χ1) is 14.3. The summed E-state index contributed by atoms with van der Waals surface area (Å²) < 4.78 is 45.9. The van der Waals surface area contributed by atoms with Gasteiger partial charge < -0.3 is 25.2 Å². The number of carbonyl (C=O) groups excluding carboxylic acids is 1. The average Bonchev–Trinajstić information content (AvgIpc) is 2.70. The van der Waals surface area contributed by atoms with Crippen molar-refractivity contribution >= 4 is 17.4 Å². The van der Waals surface area contributed by atoms with Gasteiger partial charge >= 0.3 is 12.4 Å². The van der Waals surface area contributed by atoms with E-state index in [1.54, 1.807) is 48.5 Å². The van der Waals surface area contributed by atoms with E-state index in [2.05, 4.69) is 15.4 Å². The van der Waals surface area contributed by atoms with Gasteiger partial charge in [0.25, 0.3) is 0 Å². The molecule has 0 saturated heterocycles. The predicted octanol–water partition coefficient (Wildman–Crippen LogP) is 5.51. The molecule has 3 rings (SSSR count). The van der Waals surface area contributed by atoms with E-state index < -0.39 is 12.4 Å². The summed E-state index contributed by atoms with van der Waals surface area (Å²) in [4.78, 5) is 12.0. The molecular weight excluding hydrogens is 401 g/mol. The molecule has 0 aliphatic rings. The van der Waals surface area contributed by atoms with Crippen LogP contribution in [0.4, 0.5) is 29.3 Å². The van der Waals surface area contributed by atoms with Crippen molar-refractivity contribution in [1.29, 1.82) is 0 Å². The summed E-state index contributed by atoms with van der Waals surface area (Å²) in [6, 6.07) is 17.8. The van der Waals surface area contributed by atoms with E-state index >= 15 is 0 Å². The third kappa shape index (κ3) is 6.42. The van der Waals surface area contributed by atoms with E-state index in [0.29, 0.717) is 22.9 Å². The van der Waals surface area contributed by atoms with Gasteiger partial charge in [-0.05, 0) is 66.2 Å². The monoisotopic (exact) mass is 418 g/mol. The molecule has 3 aromatic carbocycles. The number of ether oxygens (including phenoxy) is 2. The third-order valence-electron chi connectivity index (χ3n) is 3.80. The number of aliphatic hydroxyl groups is 1. The van der Waals surface area contributed by atoms with Crippen molar-refractivity contribution in [1.82, 2.24) is 0 Å². The Morgan fingerprint density at radius 2 is 1.20 bits per heavy atom. The van der Waals surface area contributed by atoms with Crippen molar-refractivity contribution in [3.8, 4) is 17.2 Å². The molecule has 156 valence electrons. The summed E-state index contributed by atoms with van der Waals surface area (Å²) in [5, 5.41) is 14.2. The highest BCUT2D eigenvalue weighted by Gasteiger charge is 2.30. The van der Waals surface area contributed by atoms with Crippen molar-refractivity contribution < 1.29 is 32.5 Å². The number of urea groups is 1. The van der Waals surface area contributed by atoms with E-state index in [-0.39, 0.29) is 12.4 Å². The van der Waals surface area contributed by atoms with Crippen LogP contribution in [0.5, 0.6) is 17.2 Å². The number of hydrogen-bond donors (Lipinski definition) is 3. The fraction of sp³-hybridized carbons (Fsp3) is 0.0952. The van der Waals surface area contributed by atoms with Gasteiger partial charge in [0.15, 0.2) is 0 Å². The molecule has 0 fully saturated rings. The fourth-order valence-corrected chi connectivity index (χ4v) is 2.44. The second kappa shape index (κ2) is 9.19. The first-order valence-electron chi connectivity index (χ1n) is 8.72. The van der Waals surface area contributed by atoms with Gasteiger partial charge in [-0.25, -0.2) is 4.79 Å². The molecule has 6 nitrogen and oxygen atoms in total. The topological polar surface area (TPSA) is 79.8 Å². The second-order valence-corrected chi connectivity index (χ2v) is 6.08.